The number of rotatable bonds is 7. The summed E-state index contributed by atoms with van der Waals surface area (Å²) in [5.74, 6) is 1.82. The van der Waals surface area contributed by atoms with E-state index in [0.717, 1.165) is 31.5 Å². The normalized spacial score (nSPS) is 16.4. The van der Waals surface area contributed by atoms with Crippen molar-refractivity contribution >= 4 is 5.91 Å². The molecule has 0 radical (unpaired) electrons. The topological polar surface area (TPSA) is 85.0 Å². The van der Waals surface area contributed by atoms with E-state index in [4.69, 9.17) is 4.52 Å². The molecule has 0 saturated carbocycles. The molecular formula is C21H23N5O2. The van der Waals surface area contributed by atoms with Crippen LogP contribution in [0.2, 0.25) is 0 Å². The lowest BCUT2D eigenvalue weighted by atomic mass is 10.0. The van der Waals surface area contributed by atoms with Crippen LogP contribution < -0.4 is 0 Å². The zero-order valence-corrected chi connectivity index (χ0v) is 15.7. The van der Waals surface area contributed by atoms with Crippen molar-refractivity contribution in [2.45, 2.75) is 32.1 Å². The van der Waals surface area contributed by atoms with Crippen LogP contribution >= 0.6 is 0 Å². The fourth-order valence-electron chi connectivity index (χ4n) is 3.60. The molecule has 0 aromatic carbocycles. The van der Waals surface area contributed by atoms with Gasteiger partial charge in [-0.05, 0) is 48.9 Å². The highest BCUT2D eigenvalue weighted by Crippen LogP contribution is 2.22. The van der Waals surface area contributed by atoms with Crippen molar-refractivity contribution in [2.75, 3.05) is 13.1 Å². The molecule has 0 aliphatic carbocycles. The summed E-state index contributed by atoms with van der Waals surface area (Å²) in [4.78, 5) is 27.1. The molecule has 28 heavy (non-hydrogen) atoms. The van der Waals surface area contributed by atoms with E-state index in [0.29, 0.717) is 36.9 Å². The largest absolute Gasteiger partial charge is 0.342 e. The van der Waals surface area contributed by atoms with Gasteiger partial charge in [0.1, 0.15) is 0 Å². The molecule has 1 saturated heterocycles. The van der Waals surface area contributed by atoms with Crippen LogP contribution in [0.3, 0.4) is 0 Å². The lowest BCUT2D eigenvalue weighted by Gasteiger charge is -2.16. The van der Waals surface area contributed by atoms with E-state index < -0.39 is 0 Å². The minimum atomic E-state index is 0.209. The van der Waals surface area contributed by atoms with Crippen LogP contribution in [0.15, 0.2) is 53.6 Å². The Morgan fingerprint density at radius 3 is 2.82 bits per heavy atom. The minimum Gasteiger partial charge on any atom is -0.342 e. The van der Waals surface area contributed by atoms with Gasteiger partial charge in [-0.3, -0.25) is 14.8 Å². The van der Waals surface area contributed by atoms with E-state index in [2.05, 4.69) is 26.2 Å². The van der Waals surface area contributed by atoms with Gasteiger partial charge < -0.3 is 9.42 Å². The van der Waals surface area contributed by atoms with Gasteiger partial charge in [0.15, 0.2) is 0 Å². The second kappa shape index (κ2) is 8.73. The molecule has 1 unspecified atom stereocenters. The number of hydrogen-bond donors (Lipinski definition) is 0. The Balaban J connectivity index is 1.21. The molecule has 7 heteroatoms. The van der Waals surface area contributed by atoms with Gasteiger partial charge in [0.25, 0.3) is 0 Å². The van der Waals surface area contributed by atoms with Crippen molar-refractivity contribution in [3.63, 3.8) is 0 Å². The zero-order valence-electron chi connectivity index (χ0n) is 15.7. The average molecular weight is 377 g/mol. The Hall–Kier alpha value is -3.09. The summed E-state index contributed by atoms with van der Waals surface area (Å²) in [6, 6.07) is 7.79. The first-order valence-electron chi connectivity index (χ1n) is 9.67. The summed E-state index contributed by atoms with van der Waals surface area (Å²) in [5.41, 5.74) is 2.06. The SMILES string of the molecule is O=C(CCCc1nc(-c2cccnc2)no1)N1CCC(Cc2cccnc2)C1. The molecule has 1 aliphatic heterocycles. The van der Waals surface area contributed by atoms with Crippen molar-refractivity contribution in [2.24, 2.45) is 5.92 Å². The number of likely N-dealkylation sites (tertiary alicyclic amines) is 1. The maximum Gasteiger partial charge on any atom is 0.226 e. The van der Waals surface area contributed by atoms with Gasteiger partial charge in [0.2, 0.25) is 17.6 Å². The number of pyridine rings is 2. The molecule has 3 aromatic rings. The average Bonchev–Trinajstić information content (AvgIpc) is 3.39. The van der Waals surface area contributed by atoms with Gasteiger partial charge in [-0.25, -0.2) is 0 Å². The van der Waals surface area contributed by atoms with Gasteiger partial charge in [-0.1, -0.05) is 11.2 Å². The van der Waals surface area contributed by atoms with Gasteiger partial charge in [0.05, 0.1) is 0 Å². The third kappa shape index (κ3) is 4.60. The zero-order chi connectivity index (χ0) is 19.2. The maximum atomic E-state index is 12.5. The fraction of sp³-hybridized carbons (Fsp3) is 0.381. The maximum absolute atomic E-state index is 12.5. The van der Waals surface area contributed by atoms with E-state index in [-0.39, 0.29) is 5.91 Å². The smallest absolute Gasteiger partial charge is 0.226 e. The van der Waals surface area contributed by atoms with E-state index in [1.165, 1.54) is 5.56 Å². The molecule has 1 atom stereocenters. The van der Waals surface area contributed by atoms with Crippen molar-refractivity contribution < 1.29 is 9.32 Å². The molecular weight excluding hydrogens is 354 g/mol. The van der Waals surface area contributed by atoms with E-state index in [1.54, 1.807) is 18.6 Å². The summed E-state index contributed by atoms with van der Waals surface area (Å²) in [6.45, 7) is 1.68. The predicted molar refractivity (Wildman–Crippen MR) is 103 cm³/mol. The summed E-state index contributed by atoms with van der Waals surface area (Å²) in [7, 11) is 0. The Kier molecular flexibility index (Phi) is 5.70. The molecule has 3 aromatic heterocycles. The number of aryl methyl sites for hydroxylation is 1. The van der Waals surface area contributed by atoms with E-state index >= 15 is 0 Å². The second-order valence-electron chi connectivity index (χ2n) is 7.17. The van der Waals surface area contributed by atoms with Crippen molar-refractivity contribution in [3.8, 4) is 11.4 Å². The number of amides is 1. The molecule has 0 spiro atoms. The minimum absolute atomic E-state index is 0.209. The summed E-state index contributed by atoms with van der Waals surface area (Å²) in [6.07, 6.45) is 11.0. The predicted octanol–water partition coefficient (Wildman–Crippen LogP) is 2.94. The van der Waals surface area contributed by atoms with Crippen LogP contribution in [0.4, 0.5) is 0 Å². The van der Waals surface area contributed by atoms with Gasteiger partial charge in [-0.2, -0.15) is 4.98 Å². The Morgan fingerprint density at radius 1 is 1.18 bits per heavy atom. The molecule has 7 nitrogen and oxygen atoms in total. The Morgan fingerprint density at radius 2 is 2.04 bits per heavy atom. The van der Waals surface area contributed by atoms with E-state index in [1.807, 2.05) is 29.3 Å². The van der Waals surface area contributed by atoms with Crippen LogP contribution in [0.1, 0.15) is 30.7 Å². The Labute approximate surface area is 163 Å². The Bertz CT molecular complexity index is 897. The number of hydrogen-bond acceptors (Lipinski definition) is 6. The molecule has 4 rings (SSSR count). The van der Waals surface area contributed by atoms with Gasteiger partial charge >= 0.3 is 0 Å². The van der Waals surface area contributed by atoms with Crippen LogP contribution in [-0.2, 0) is 17.6 Å². The lowest BCUT2D eigenvalue weighted by Crippen LogP contribution is -2.28. The van der Waals surface area contributed by atoms with Crippen LogP contribution in [0, 0.1) is 5.92 Å². The number of carbonyl (C=O) groups excluding carboxylic acids is 1. The third-order valence-corrected chi connectivity index (χ3v) is 5.05. The van der Waals surface area contributed by atoms with Crippen LogP contribution in [-0.4, -0.2) is 44.0 Å². The molecule has 1 amide bonds. The number of nitrogens with zero attached hydrogens (tertiary/aromatic N) is 5. The molecule has 4 heterocycles. The molecule has 144 valence electrons. The highest BCUT2D eigenvalue weighted by molar-refractivity contribution is 5.76. The van der Waals surface area contributed by atoms with Gasteiger partial charge in [-0.15, -0.1) is 0 Å². The first-order valence-corrected chi connectivity index (χ1v) is 9.67. The summed E-state index contributed by atoms with van der Waals surface area (Å²) >= 11 is 0. The fourth-order valence-corrected chi connectivity index (χ4v) is 3.60. The van der Waals surface area contributed by atoms with Crippen LogP contribution in [0.25, 0.3) is 11.4 Å². The highest BCUT2D eigenvalue weighted by Gasteiger charge is 2.26. The number of carbonyl (C=O) groups is 1. The first-order chi connectivity index (χ1) is 13.8. The van der Waals surface area contributed by atoms with Crippen molar-refractivity contribution in [3.05, 3.63) is 60.5 Å². The monoisotopic (exact) mass is 377 g/mol. The summed E-state index contributed by atoms with van der Waals surface area (Å²) in [5, 5.41) is 3.98. The second-order valence-corrected chi connectivity index (χ2v) is 7.17. The molecule has 1 aliphatic rings. The lowest BCUT2D eigenvalue weighted by molar-refractivity contribution is -0.130. The van der Waals surface area contributed by atoms with Crippen LogP contribution in [0.5, 0.6) is 0 Å². The van der Waals surface area contributed by atoms with E-state index in [9.17, 15) is 4.79 Å². The summed E-state index contributed by atoms with van der Waals surface area (Å²) < 4.78 is 5.29. The number of aromatic nitrogens is 4. The highest BCUT2D eigenvalue weighted by atomic mass is 16.5. The standard InChI is InChI=1S/C21H23N5O2/c27-20(26-11-8-17(15-26)12-16-4-2-9-22-13-16)7-1-6-19-24-21(25-28-19)18-5-3-10-23-14-18/h2-5,9-10,13-14,17H,1,6-8,11-12,15H2. The van der Waals surface area contributed by atoms with Crippen molar-refractivity contribution in [1.29, 1.82) is 0 Å². The molecule has 0 N–H and O–H groups in total. The first kappa shape index (κ1) is 18.3. The molecule has 1 fully saturated rings. The quantitative estimate of drug-likeness (QED) is 0.629. The molecule has 0 bridgehead atoms. The third-order valence-electron chi connectivity index (χ3n) is 5.05. The van der Waals surface area contributed by atoms with Crippen molar-refractivity contribution in [1.82, 2.24) is 25.0 Å². The van der Waals surface area contributed by atoms with Gasteiger partial charge in [0, 0.05) is 56.3 Å².